The molecule has 0 bridgehead atoms. The Morgan fingerprint density at radius 3 is 2.50 bits per heavy atom. The van der Waals surface area contributed by atoms with Gasteiger partial charge in [0.1, 0.15) is 5.82 Å². The maximum atomic E-state index is 13.4. The van der Waals surface area contributed by atoms with E-state index in [4.69, 9.17) is 5.73 Å². The maximum absolute atomic E-state index is 13.4. The van der Waals surface area contributed by atoms with Gasteiger partial charge in [0.2, 0.25) is 0 Å². The quantitative estimate of drug-likeness (QED) is 0.690. The Morgan fingerprint density at radius 2 is 1.80 bits per heavy atom. The highest BCUT2D eigenvalue weighted by Crippen LogP contribution is 2.24. The van der Waals surface area contributed by atoms with Crippen molar-refractivity contribution < 1.29 is 4.39 Å². The lowest BCUT2D eigenvalue weighted by Gasteiger charge is -2.13. The van der Waals surface area contributed by atoms with E-state index in [2.05, 4.69) is 44.0 Å². The van der Waals surface area contributed by atoms with E-state index in [0.717, 1.165) is 15.8 Å². The van der Waals surface area contributed by atoms with Crippen LogP contribution in [0.2, 0.25) is 0 Å². The number of hydrogen-bond acceptors (Lipinski definition) is 2. The number of rotatable bonds is 5. The molecule has 0 aromatic heterocycles. The highest BCUT2D eigenvalue weighted by atomic mass is 79.9. The molecule has 1 nitrogen and oxygen atoms in total. The van der Waals surface area contributed by atoms with Crippen LogP contribution in [0.5, 0.6) is 0 Å². The molecule has 2 aromatic carbocycles. The number of thioether (sulfide) groups is 1. The SMILES string of the molecule is NC(CSc1ccc(Br)cc1)Cc1cccc(F)c1Br. The van der Waals surface area contributed by atoms with Crippen LogP contribution in [0.25, 0.3) is 0 Å². The average molecular weight is 419 g/mol. The van der Waals surface area contributed by atoms with E-state index in [-0.39, 0.29) is 11.9 Å². The Kier molecular flexibility index (Phi) is 6.08. The van der Waals surface area contributed by atoms with Gasteiger partial charge in [-0.2, -0.15) is 0 Å². The Hall–Kier alpha value is -0.360. The second kappa shape index (κ2) is 7.59. The van der Waals surface area contributed by atoms with E-state index < -0.39 is 0 Å². The average Bonchev–Trinajstić information content (AvgIpc) is 2.43. The van der Waals surface area contributed by atoms with Gasteiger partial charge in [-0.05, 0) is 58.2 Å². The van der Waals surface area contributed by atoms with Gasteiger partial charge in [0.25, 0.3) is 0 Å². The highest BCUT2D eigenvalue weighted by Gasteiger charge is 2.10. The fraction of sp³-hybridized carbons (Fsp3) is 0.200. The topological polar surface area (TPSA) is 26.0 Å². The first-order valence-corrected chi connectivity index (χ1v) is 8.70. The molecule has 106 valence electrons. The van der Waals surface area contributed by atoms with Gasteiger partial charge in [-0.25, -0.2) is 4.39 Å². The van der Waals surface area contributed by atoms with Crippen LogP contribution < -0.4 is 5.73 Å². The third-order valence-corrected chi connectivity index (χ3v) is 5.41. The van der Waals surface area contributed by atoms with E-state index in [9.17, 15) is 4.39 Å². The molecule has 0 aliphatic heterocycles. The first-order valence-electron chi connectivity index (χ1n) is 6.13. The van der Waals surface area contributed by atoms with Gasteiger partial charge in [-0.15, -0.1) is 11.8 Å². The van der Waals surface area contributed by atoms with Gasteiger partial charge >= 0.3 is 0 Å². The van der Waals surface area contributed by atoms with E-state index in [1.54, 1.807) is 17.8 Å². The molecular formula is C15H14Br2FNS. The van der Waals surface area contributed by atoms with Crippen molar-refractivity contribution in [1.82, 2.24) is 0 Å². The van der Waals surface area contributed by atoms with Crippen molar-refractivity contribution >= 4 is 43.6 Å². The molecule has 0 aliphatic carbocycles. The lowest BCUT2D eigenvalue weighted by atomic mass is 10.1. The third kappa shape index (κ3) is 4.58. The molecule has 1 atom stereocenters. The summed E-state index contributed by atoms with van der Waals surface area (Å²) >= 11 is 8.39. The van der Waals surface area contributed by atoms with Gasteiger partial charge in [0.05, 0.1) is 4.47 Å². The van der Waals surface area contributed by atoms with Gasteiger partial charge in [0.15, 0.2) is 0 Å². The summed E-state index contributed by atoms with van der Waals surface area (Å²) in [6.45, 7) is 0. The first-order chi connectivity index (χ1) is 9.56. The summed E-state index contributed by atoms with van der Waals surface area (Å²) in [6, 6.07) is 13.2. The summed E-state index contributed by atoms with van der Waals surface area (Å²) in [7, 11) is 0. The van der Waals surface area contributed by atoms with Crippen LogP contribution in [0.15, 0.2) is 56.3 Å². The molecule has 0 heterocycles. The van der Waals surface area contributed by atoms with Crippen LogP contribution in [0.1, 0.15) is 5.56 Å². The van der Waals surface area contributed by atoms with Crippen LogP contribution >= 0.6 is 43.6 Å². The molecule has 1 unspecified atom stereocenters. The van der Waals surface area contributed by atoms with Crippen molar-refractivity contribution in [3.8, 4) is 0 Å². The predicted molar refractivity (Wildman–Crippen MR) is 90.6 cm³/mol. The van der Waals surface area contributed by atoms with Gasteiger partial charge in [0, 0.05) is 21.2 Å². The number of halogens is 3. The van der Waals surface area contributed by atoms with Crippen LogP contribution in [0, 0.1) is 5.82 Å². The summed E-state index contributed by atoms with van der Waals surface area (Å²) in [5.74, 6) is 0.556. The minimum Gasteiger partial charge on any atom is -0.327 e. The maximum Gasteiger partial charge on any atom is 0.137 e. The summed E-state index contributed by atoms with van der Waals surface area (Å²) < 4.78 is 15.0. The van der Waals surface area contributed by atoms with Crippen molar-refractivity contribution in [2.45, 2.75) is 17.4 Å². The first kappa shape index (κ1) is 16.0. The molecule has 0 radical (unpaired) electrons. The minimum atomic E-state index is -0.240. The lowest BCUT2D eigenvalue weighted by molar-refractivity contribution is 0.615. The molecular weight excluding hydrogens is 405 g/mol. The summed E-state index contributed by atoms with van der Waals surface area (Å²) in [6.07, 6.45) is 0.655. The number of benzene rings is 2. The van der Waals surface area contributed by atoms with Crippen molar-refractivity contribution in [3.63, 3.8) is 0 Å². The van der Waals surface area contributed by atoms with E-state index >= 15 is 0 Å². The van der Waals surface area contributed by atoms with Crippen molar-refractivity contribution in [2.75, 3.05) is 5.75 Å². The van der Waals surface area contributed by atoms with Gasteiger partial charge in [-0.1, -0.05) is 28.1 Å². The van der Waals surface area contributed by atoms with E-state index in [0.29, 0.717) is 10.9 Å². The zero-order valence-electron chi connectivity index (χ0n) is 10.7. The Bertz CT molecular complexity index is 575. The molecule has 5 heteroatoms. The molecule has 0 amide bonds. The summed E-state index contributed by atoms with van der Waals surface area (Å²) in [5.41, 5.74) is 7.04. The molecule has 0 saturated carbocycles. The van der Waals surface area contributed by atoms with Crippen LogP contribution in [-0.4, -0.2) is 11.8 Å². The molecule has 0 saturated heterocycles. The van der Waals surface area contributed by atoms with Gasteiger partial charge < -0.3 is 5.73 Å². The monoisotopic (exact) mass is 417 g/mol. The van der Waals surface area contributed by atoms with Crippen molar-refractivity contribution in [2.24, 2.45) is 5.73 Å². The van der Waals surface area contributed by atoms with E-state index in [1.165, 1.54) is 11.0 Å². The fourth-order valence-electron chi connectivity index (χ4n) is 1.78. The number of nitrogens with two attached hydrogens (primary N) is 1. The molecule has 0 fully saturated rings. The Balaban J connectivity index is 1.91. The number of hydrogen-bond donors (Lipinski definition) is 1. The van der Waals surface area contributed by atoms with Crippen LogP contribution in [0.4, 0.5) is 4.39 Å². The Labute approximate surface area is 139 Å². The normalized spacial score (nSPS) is 12.4. The van der Waals surface area contributed by atoms with Crippen LogP contribution in [0.3, 0.4) is 0 Å². The molecule has 20 heavy (non-hydrogen) atoms. The second-order valence-corrected chi connectivity index (χ2v) is 7.24. The second-order valence-electron chi connectivity index (χ2n) is 4.44. The summed E-state index contributed by atoms with van der Waals surface area (Å²) in [5, 5.41) is 0. The minimum absolute atomic E-state index is 0.0123. The van der Waals surface area contributed by atoms with Gasteiger partial charge in [-0.3, -0.25) is 0 Å². The largest absolute Gasteiger partial charge is 0.327 e. The predicted octanol–water partition coefficient (Wildman–Crippen LogP) is 5.01. The molecule has 2 N–H and O–H groups in total. The zero-order valence-corrected chi connectivity index (χ0v) is 14.6. The molecule has 2 rings (SSSR count). The van der Waals surface area contributed by atoms with Crippen LogP contribution in [-0.2, 0) is 6.42 Å². The summed E-state index contributed by atoms with van der Waals surface area (Å²) in [4.78, 5) is 1.18. The molecule has 0 aliphatic rings. The standard InChI is InChI=1S/C15H14Br2FNS/c16-11-4-6-13(7-5-11)20-9-12(19)8-10-2-1-3-14(18)15(10)17/h1-7,12H,8-9,19H2. The van der Waals surface area contributed by atoms with E-state index in [1.807, 2.05) is 18.2 Å². The zero-order chi connectivity index (χ0) is 14.5. The van der Waals surface area contributed by atoms with Crippen molar-refractivity contribution in [1.29, 1.82) is 0 Å². The molecule has 0 spiro atoms. The molecule has 2 aromatic rings. The lowest BCUT2D eigenvalue weighted by Crippen LogP contribution is -2.25. The Morgan fingerprint density at radius 1 is 1.10 bits per heavy atom. The fourth-order valence-corrected chi connectivity index (χ4v) is 3.33. The van der Waals surface area contributed by atoms with Crippen molar-refractivity contribution in [3.05, 3.63) is 62.8 Å². The highest BCUT2D eigenvalue weighted by molar-refractivity contribution is 9.10. The third-order valence-electron chi connectivity index (χ3n) is 2.79. The smallest absolute Gasteiger partial charge is 0.137 e.